The van der Waals surface area contributed by atoms with Crippen molar-refractivity contribution in [3.63, 3.8) is 0 Å². The van der Waals surface area contributed by atoms with Crippen LogP contribution in [0.25, 0.3) is 0 Å². The molecule has 0 aromatic heterocycles. The number of carboxylic acid groups (broad SMARTS) is 2. The Balaban J connectivity index is 3.12. The van der Waals surface area contributed by atoms with Gasteiger partial charge in [0.25, 0.3) is 0 Å². The molecule has 0 saturated heterocycles. The molecule has 4 heteroatoms. The van der Waals surface area contributed by atoms with E-state index in [1.54, 1.807) is 19.1 Å². The zero-order chi connectivity index (χ0) is 11.6. The highest BCUT2D eigenvalue weighted by Crippen LogP contribution is 2.35. The van der Waals surface area contributed by atoms with Gasteiger partial charge in [-0.3, -0.25) is 4.79 Å². The Morgan fingerprint density at radius 1 is 1.47 bits per heavy atom. The Labute approximate surface area is 87.9 Å². The lowest BCUT2D eigenvalue weighted by atomic mass is 9.77. The van der Waals surface area contributed by atoms with Crippen LogP contribution in [0.3, 0.4) is 0 Å². The summed E-state index contributed by atoms with van der Waals surface area (Å²) in [5, 5.41) is 17.9. The number of carboxylic acids is 2. The van der Waals surface area contributed by atoms with E-state index in [-0.39, 0.29) is 12.0 Å². The molecule has 0 bridgehead atoms. The lowest BCUT2D eigenvalue weighted by Crippen LogP contribution is -2.29. The van der Waals surface area contributed by atoms with E-state index >= 15 is 0 Å². The first-order chi connectivity index (χ1) is 6.89. The van der Waals surface area contributed by atoms with E-state index in [1.807, 2.05) is 6.92 Å². The van der Waals surface area contributed by atoms with Gasteiger partial charge in [-0.1, -0.05) is 18.6 Å². The average molecular weight is 210 g/mol. The minimum Gasteiger partial charge on any atom is -0.481 e. The topological polar surface area (TPSA) is 74.6 Å². The highest BCUT2D eigenvalue weighted by atomic mass is 16.4. The average Bonchev–Trinajstić information content (AvgIpc) is 2.16. The summed E-state index contributed by atoms with van der Waals surface area (Å²) in [5.41, 5.74) is -0.156. The van der Waals surface area contributed by atoms with Crippen LogP contribution in [0.2, 0.25) is 0 Å². The maximum Gasteiger partial charge on any atom is 0.331 e. The van der Waals surface area contributed by atoms with Gasteiger partial charge in [-0.2, -0.15) is 0 Å². The third-order valence-corrected chi connectivity index (χ3v) is 2.59. The molecule has 0 aromatic carbocycles. The van der Waals surface area contributed by atoms with Gasteiger partial charge in [-0.15, -0.1) is 0 Å². The molecule has 1 unspecified atom stereocenters. The fourth-order valence-electron chi connectivity index (χ4n) is 1.65. The van der Waals surface area contributed by atoms with Crippen LogP contribution in [0.5, 0.6) is 0 Å². The van der Waals surface area contributed by atoms with Gasteiger partial charge in [0, 0.05) is 5.57 Å². The molecule has 4 nitrogen and oxygen atoms in total. The standard InChI is InChI=1S/C11H14O4/c1-3-7-4-8(9(12)13)6-11(2,5-7)10(14)15/h4-5H,3,6H2,1-2H3,(H,12,13)(H,14,15). The largest absolute Gasteiger partial charge is 0.481 e. The molecule has 0 fully saturated rings. The van der Waals surface area contributed by atoms with Crippen LogP contribution in [0.1, 0.15) is 26.7 Å². The Kier molecular flexibility index (Phi) is 2.98. The molecule has 1 rings (SSSR count). The molecule has 0 amide bonds. The van der Waals surface area contributed by atoms with Crippen molar-refractivity contribution in [2.45, 2.75) is 26.7 Å². The van der Waals surface area contributed by atoms with E-state index in [0.29, 0.717) is 6.42 Å². The number of carbonyl (C=O) groups is 2. The van der Waals surface area contributed by atoms with Gasteiger partial charge in [0.2, 0.25) is 0 Å². The Bertz CT molecular complexity index is 365. The van der Waals surface area contributed by atoms with E-state index < -0.39 is 17.4 Å². The lowest BCUT2D eigenvalue weighted by molar-refractivity contribution is -0.145. The van der Waals surface area contributed by atoms with E-state index in [0.717, 1.165) is 5.57 Å². The normalized spacial score (nSPS) is 25.5. The summed E-state index contributed by atoms with van der Waals surface area (Å²) in [6.07, 6.45) is 3.88. The van der Waals surface area contributed by atoms with E-state index in [4.69, 9.17) is 10.2 Å². The molecule has 15 heavy (non-hydrogen) atoms. The van der Waals surface area contributed by atoms with Crippen molar-refractivity contribution in [3.05, 3.63) is 23.3 Å². The summed E-state index contributed by atoms with van der Waals surface area (Å²) in [5.74, 6) is -2.03. The smallest absolute Gasteiger partial charge is 0.331 e. The maximum absolute atomic E-state index is 11.0. The summed E-state index contributed by atoms with van der Waals surface area (Å²) in [4.78, 5) is 21.9. The Hall–Kier alpha value is -1.58. The predicted molar refractivity (Wildman–Crippen MR) is 54.5 cm³/mol. The van der Waals surface area contributed by atoms with E-state index in [9.17, 15) is 9.59 Å². The van der Waals surface area contributed by atoms with Crippen molar-refractivity contribution in [1.29, 1.82) is 0 Å². The zero-order valence-electron chi connectivity index (χ0n) is 8.78. The number of hydrogen-bond acceptors (Lipinski definition) is 2. The van der Waals surface area contributed by atoms with Gasteiger partial charge in [-0.25, -0.2) is 4.79 Å². The molecule has 0 spiro atoms. The molecule has 1 aliphatic carbocycles. The Morgan fingerprint density at radius 2 is 2.07 bits per heavy atom. The third-order valence-electron chi connectivity index (χ3n) is 2.59. The van der Waals surface area contributed by atoms with Crippen molar-refractivity contribution in [2.75, 3.05) is 0 Å². The van der Waals surface area contributed by atoms with Crippen LogP contribution in [-0.2, 0) is 9.59 Å². The molecule has 0 saturated carbocycles. The van der Waals surface area contributed by atoms with E-state index in [1.165, 1.54) is 0 Å². The predicted octanol–water partition coefficient (Wildman–Crippen LogP) is 1.83. The summed E-state index contributed by atoms with van der Waals surface area (Å²) >= 11 is 0. The maximum atomic E-state index is 11.0. The zero-order valence-corrected chi connectivity index (χ0v) is 8.78. The van der Waals surface area contributed by atoms with Crippen LogP contribution in [0.15, 0.2) is 23.3 Å². The van der Waals surface area contributed by atoms with Gasteiger partial charge < -0.3 is 10.2 Å². The molecule has 1 atom stereocenters. The van der Waals surface area contributed by atoms with E-state index in [2.05, 4.69) is 0 Å². The van der Waals surface area contributed by atoms with Gasteiger partial charge in [0.15, 0.2) is 0 Å². The first-order valence-electron chi connectivity index (χ1n) is 4.78. The fraction of sp³-hybridized carbons (Fsp3) is 0.455. The van der Waals surface area contributed by atoms with Gasteiger partial charge in [-0.05, 0) is 25.8 Å². The van der Waals surface area contributed by atoms with Gasteiger partial charge >= 0.3 is 11.9 Å². The second-order valence-electron chi connectivity index (χ2n) is 3.95. The first kappa shape index (κ1) is 11.5. The van der Waals surface area contributed by atoms with Gasteiger partial charge in [0.1, 0.15) is 0 Å². The molecular formula is C11H14O4. The van der Waals surface area contributed by atoms with Crippen molar-refractivity contribution in [1.82, 2.24) is 0 Å². The molecule has 1 aliphatic rings. The highest BCUT2D eigenvalue weighted by molar-refractivity contribution is 5.90. The second-order valence-corrected chi connectivity index (χ2v) is 3.95. The lowest BCUT2D eigenvalue weighted by Gasteiger charge is -2.26. The van der Waals surface area contributed by atoms with Crippen molar-refractivity contribution >= 4 is 11.9 Å². The summed E-state index contributed by atoms with van der Waals surface area (Å²) in [6, 6.07) is 0. The highest BCUT2D eigenvalue weighted by Gasteiger charge is 2.36. The monoisotopic (exact) mass is 210 g/mol. The number of rotatable bonds is 3. The minimum atomic E-state index is -1.09. The molecule has 0 aliphatic heterocycles. The van der Waals surface area contributed by atoms with Crippen LogP contribution < -0.4 is 0 Å². The summed E-state index contributed by atoms with van der Waals surface area (Å²) in [7, 11) is 0. The van der Waals surface area contributed by atoms with Crippen molar-refractivity contribution < 1.29 is 19.8 Å². The van der Waals surface area contributed by atoms with Crippen molar-refractivity contribution in [2.24, 2.45) is 5.41 Å². The number of hydrogen-bond donors (Lipinski definition) is 2. The SMILES string of the molecule is CCC1=CC(C)(C(=O)O)CC(C(=O)O)=C1. The number of aliphatic carboxylic acids is 2. The van der Waals surface area contributed by atoms with Crippen LogP contribution in [-0.4, -0.2) is 22.2 Å². The number of allylic oxidation sites excluding steroid dienone is 2. The minimum absolute atomic E-state index is 0.0428. The molecule has 0 radical (unpaired) electrons. The molecule has 2 N–H and O–H groups in total. The molecule has 0 aromatic rings. The molecular weight excluding hydrogens is 196 g/mol. The summed E-state index contributed by atoms with van der Waals surface area (Å²) in [6.45, 7) is 3.41. The van der Waals surface area contributed by atoms with Crippen LogP contribution in [0.4, 0.5) is 0 Å². The Morgan fingerprint density at radius 3 is 2.47 bits per heavy atom. The fourth-order valence-corrected chi connectivity index (χ4v) is 1.65. The molecule has 82 valence electrons. The molecule has 0 heterocycles. The third kappa shape index (κ3) is 2.26. The quantitative estimate of drug-likeness (QED) is 0.745. The van der Waals surface area contributed by atoms with Crippen molar-refractivity contribution in [3.8, 4) is 0 Å². The van der Waals surface area contributed by atoms with Gasteiger partial charge in [0.05, 0.1) is 5.41 Å². The van der Waals surface area contributed by atoms with Crippen LogP contribution in [0, 0.1) is 5.41 Å². The second kappa shape index (κ2) is 3.88. The summed E-state index contributed by atoms with van der Waals surface area (Å²) < 4.78 is 0. The first-order valence-corrected chi connectivity index (χ1v) is 4.78. The van der Waals surface area contributed by atoms with Crippen LogP contribution >= 0.6 is 0 Å².